The van der Waals surface area contributed by atoms with Gasteiger partial charge in [0.25, 0.3) is 0 Å². The van der Waals surface area contributed by atoms with Crippen LogP contribution in [0.1, 0.15) is 24.2 Å². The molecule has 0 N–H and O–H groups in total. The van der Waals surface area contributed by atoms with Crippen LogP contribution in [0.3, 0.4) is 0 Å². The van der Waals surface area contributed by atoms with Gasteiger partial charge in [-0.2, -0.15) is 4.31 Å². The number of morpholine rings is 1. The summed E-state index contributed by atoms with van der Waals surface area (Å²) in [5, 5.41) is 0. The van der Waals surface area contributed by atoms with Gasteiger partial charge in [0.1, 0.15) is 5.75 Å². The second-order valence-electron chi connectivity index (χ2n) is 6.34. The van der Waals surface area contributed by atoms with Crippen molar-refractivity contribution >= 4 is 10.0 Å². The van der Waals surface area contributed by atoms with Crippen molar-refractivity contribution in [2.75, 3.05) is 20.2 Å². The average Bonchev–Trinajstić information content (AvgIpc) is 2.62. The van der Waals surface area contributed by atoms with Crippen molar-refractivity contribution in [3.05, 3.63) is 59.7 Å². The average molecular weight is 361 g/mol. The van der Waals surface area contributed by atoms with Crippen LogP contribution in [0.15, 0.2) is 53.4 Å². The molecule has 1 fully saturated rings. The Bertz CT molecular complexity index is 816. The molecule has 0 aromatic heterocycles. The zero-order valence-corrected chi connectivity index (χ0v) is 15.5. The summed E-state index contributed by atoms with van der Waals surface area (Å²) in [7, 11) is -2.02. The largest absolute Gasteiger partial charge is 0.497 e. The summed E-state index contributed by atoms with van der Waals surface area (Å²) in [5.41, 5.74) is 2.15. The Labute approximate surface area is 149 Å². The molecule has 0 radical (unpaired) electrons. The summed E-state index contributed by atoms with van der Waals surface area (Å²) in [5.74, 6) is 0.631. The van der Waals surface area contributed by atoms with Crippen molar-refractivity contribution in [1.82, 2.24) is 4.31 Å². The molecule has 1 aliphatic heterocycles. The number of methoxy groups -OCH3 is 1. The molecular weight excluding hydrogens is 338 g/mol. The highest BCUT2D eigenvalue weighted by molar-refractivity contribution is 7.89. The number of hydrogen-bond donors (Lipinski definition) is 0. The maximum Gasteiger partial charge on any atom is 0.243 e. The van der Waals surface area contributed by atoms with Crippen molar-refractivity contribution in [3.8, 4) is 5.75 Å². The van der Waals surface area contributed by atoms with Gasteiger partial charge in [0.05, 0.1) is 24.2 Å². The molecule has 0 saturated carbocycles. The number of hydrogen-bond acceptors (Lipinski definition) is 4. The summed E-state index contributed by atoms with van der Waals surface area (Å²) in [6.07, 6.45) is -0.439. The van der Waals surface area contributed by atoms with E-state index in [1.54, 1.807) is 31.4 Å². The molecule has 0 amide bonds. The molecule has 25 heavy (non-hydrogen) atoms. The lowest BCUT2D eigenvalue weighted by molar-refractivity contribution is -0.0557. The molecule has 1 heterocycles. The minimum Gasteiger partial charge on any atom is -0.497 e. The van der Waals surface area contributed by atoms with Gasteiger partial charge in [-0.05, 0) is 43.7 Å². The van der Waals surface area contributed by atoms with Gasteiger partial charge < -0.3 is 9.47 Å². The molecule has 1 aliphatic rings. The van der Waals surface area contributed by atoms with E-state index in [9.17, 15) is 8.42 Å². The highest BCUT2D eigenvalue weighted by atomic mass is 32.2. The van der Waals surface area contributed by atoms with Crippen LogP contribution in [-0.4, -0.2) is 39.0 Å². The molecule has 1 saturated heterocycles. The van der Waals surface area contributed by atoms with Crippen molar-refractivity contribution < 1.29 is 17.9 Å². The molecule has 2 aromatic rings. The summed E-state index contributed by atoms with van der Waals surface area (Å²) < 4.78 is 38.6. The van der Waals surface area contributed by atoms with Crippen molar-refractivity contribution in [2.45, 2.75) is 31.0 Å². The van der Waals surface area contributed by atoms with Gasteiger partial charge in [0.15, 0.2) is 0 Å². The highest BCUT2D eigenvalue weighted by Gasteiger charge is 2.34. The highest BCUT2D eigenvalue weighted by Crippen LogP contribution is 2.29. The van der Waals surface area contributed by atoms with Crippen LogP contribution in [0.25, 0.3) is 0 Å². The molecule has 3 rings (SSSR count). The summed E-state index contributed by atoms with van der Waals surface area (Å²) >= 11 is 0. The Morgan fingerprint density at radius 1 is 1.04 bits per heavy atom. The lowest BCUT2D eigenvalue weighted by Gasteiger charge is -2.36. The topological polar surface area (TPSA) is 55.8 Å². The Morgan fingerprint density at radius 2 is 1.68 bits per heavy atom. The molecule has 5 nitrogen and oxygen atoms in total. The third kappa shape index (κ3) is 3.86. The fraction of sp³-hybridized carbons (Fsp3) is 0.368. The third-order valence-electron chi connectivity index (χ3n) is 4.37. The van der Waals surface area contributed by atoms with E-state index in [1.807, 2.05) is 38.1 Å². The molecule has 2 atom stereocenters. The first kappa shape index (κ1) is 17.9. The van der Waals surface area contributed by atoms with E-state index in [4.69, 9.17) is 9.47 Å². The first-order valence-corrected chi connectivity index (χ1v) is 9.70. The molecule has 0 bridgehead atoms. The van der Waals surface area contributed by atoms with Gasteiger partial charge in [-0.15, -0.1) is 0 Å². The fourth-order valence-corrected chi connectivity index (χ4v) is 4.49. The van der Waals surface area contributed by atoms with Crippen LogP contribution in [0.4, 0.5) is 0 Å². The van der Waals surface area contributed by atoms with Crippen molar-refractivity contribution in [3.63, 3.8) is 0 Å². The number of rotatable bonds is 4. The monoisotopic (exact) mass is 361 g/mol. The first-order valence-electron chi connectivity index (χ1n) is 8.26. The van der Waals surface area contributed by atoms with Crippen LogP contribution >= 0.6 is 0 Å². The summed E-state index contributed by atoms with van der Waals surface area (Å²) in [6.45, 7) is 4.57. The third-order valence-corrected chi connectivity index (χ3v) is 6.22. The second kappa shape index (κ2) is 7.15. The number of benzene rings is 2. The Morgan fingerprint density at radius 3 is 2.28 bits per heavy atom. The molecule has 2 aromatic carbocycles. The van der Waals surface area contributed by atoms with E-state index < -0.39 is 10.0 Å². The molecule has 2 unspecified atom stereocenters. The normalized spacial score (nSPS) is 21.9. The molecule has 0 spiro atoms. The first-order chi connectivity index (χ1) is 11.9. The minimum atomic E-state index is -3.57. The van der Waals surface area contributed by atoms with E-state index in [0.717, 1.165) is 11.1 Å². The lowest BCUT2D eigenvalue weighted by Crippen LogP contribution is -2.45. The van der Waals surface area contributed by atoms with E-state index in [2.05, 4.69) is 0 Å². The van der Waals surface area contributed by atoms with Crippen molar-refractivity contribution in [2.24, 2.45) is 0 Å². The Balaban J connectivity index is 1.85. The van der Waals surface area contributed by atoms with Gasteiger partial charge in [0.2, 0.25) is 10.0 Å². The molecular formula is C19H23NO4S. The predicted octanol–water partition coefficient (Wildman–Crippen LogP) is 3.15. The number of ether oxygens (including phenoxy) is 2. The van der Waals surface area contributed by atoms with Crippen LogP contribution in [0.2, 0.25) is 0 Å². The predicted molar refractivity (Wildman–Crippen MR) is 96.2 cm³/mol. The summed E-state index contributed by atoms with van der Waals surface area (Å²) in [6, 6.07) is 14.5. The van der Waals surface area contributed by atoms with Gasteiger partial charge >= 0.3 is 0 Å². The quantitative estimate of drug-likeness (QED) is 0.839. The minimum absolute atomic E-state index is 0.173. The Kier molecular flexibility index (Phi) is 5.13. The number of sulfonamides is 1. The summed E-state index contributed by atoms with van der Waals surface area (Å²) in [4.78, 5) is 0.269. The second-order valence-corrected chi connectivity index (χ2v) is 8.28. The van der Waals surface area contributed by atoms with Gasteiger partial charge in [-0.3, -0.25) is 0 Å². The lowest BCUT2D eigenvalue weighted by atomic mass is 10.1. The van der Waals surface area contributed by atoms with E-state index in [1.165, 1.54) is 4.31 Å². The van der Waals surface area contributed by atoms with Crippen molar-refractivity contribution in [1.29, 1.82) is 0 Å². The van der Waals surface area contributed by atoms with Crippen LogP contribution in [0, 0.1) is 6.92 Å². The zero-order chi connectivity index (χ0) is 18.0. The SMILES string of the molecule is COc1ccc(S(=O)(=O)N2CC(C)OC(c3ccc(C)cc3)C2)cc1. The number of aryl methyl sites for hydroxylation is 1. The standard InChI is InChI=1S/C19H23NO4S/c1-14-4-6-16(7-5-14)19-13-20(12-15(2)24-19)25(21,22)18-10-8-17(23-3)9-11-18/h4-11,15,19H,12-13H2,1-3H3. The van der Waals surface area contributed by atoms with Crippen LogP contribution in [0.5, 0.6) is 5.75 Å². The van der Waals surface area contributed by atoms with Crippen LogP contribution in [-0.2, 0) is 14.8 Å². The fourth-order valence-electron chi connectivity index (χ4n) is 2.97. The molecule has 6 heteroatoms. The van der Waals surface area contributed by atoms with Crippen LogP contribution < -0.4 is 4.74 Å². The smallest absolute Gasteiger partial charge is 0.243 e. The van der Waals surface area contributed by atoms with E-state index in [0.29, 0.717) is 18.8 Å². The molecule has 134 valence electrons. The maximum atomic E-state index is 13.0. The maximum absolute atomic E-state index is 13.0. The zero-order valence-electron chi connectivity index (χ0n) is 14.7. The Hall–Kier alpha value is -1.89. The van der Waals surface area contributed by atoms with E-state index in [-0.39, 0.29) is 17.1 Å². The molecule has 0 aliphatic carbocycles. The van der Waals surface area contributed by atoms with Gasteiger partial charge in [-0.1, -0.05) is 29.8 Å². The van der Waals surface area contributed by atoms with Gasteiger partial charge in [0, 0.05) is 13.1 Å². The van der Waals surface area contributed by atoms with Gasteiger partial charge in [-0.25, -0.2) is 8.42 Å². The number of nitrogens with zero attached hydrogens (tertiary/aromatic N) is 1. The van der Waals surface area contributed by atoms with E-state index >= 15 is 0 Å².